The van der Waals surface area contributed by atoms with Gasteiger partial charge in [0.05, 0.1) is 11.2 Å². The number of hydrogen-bond acceptors (Lipinski definition) is 5. The van der Waals surface area contributed by atoms with Crippen LogP contribution in [0.15, 0.2) is 24.3 Å². The van der Waals surface area contributed by atoms with E-state index in [0.29, 0.717) is 12.8 Å². The highest BCUT2D eigenvalue weighted by Crippen LogP contribution is 2.29. The predicted molar refractivity (Wildman–Crippen MR) is 144 cm³/mol. The van der Waals surface area contributed by atoms with Gasteiger partial charge >= 0.3 is 0 Å². The van der Waals surface area contributed by atoms with Gasteiger partial charge in [0.15, 0.2) is 5.65 Å². The first-order valence-corrected chi connectivity index (χ1v) is 12.8. The topological polar surface area (TPSA) is 66.3 Å². The van der Waals surface area contributed by atoms with E-state index >= 15 is 0 Å². The van der Waals surface area contributed by atoms with E-state index in [1.807, 2.05) is 30.7 Å². The Morgan fingerprint density at radius 1 is 1.00 bits per heavy atom. The molecule has 0 unspecified atom stereocenters. The van der Waals surface area contributed by atoms with Crippen LogP contribution in [0.2, 0.25) is 0 Å². The normalized spacial score (nSPS) is 15.1. The number of rotatable bonds is 6. The molecule has 2 aromatic heterocycles. The lowest BCUT2D eigenvalue weighted by molar-refractivity contribution is -0.116. The fraction of sp³-hybridized carbons (Fsp3) is 0.536. The number of nitrogens with zero attached hydrogens (tertiary/aromatic N) is 5. The van der Waals surface area contributed by atoms with Gasteiger partial charge in [0, 0.05) is 55.1 Å². The summed E-state index contributed by atoms with van der Waals surface area (Å²) >= 11 is 0. The number of carbonyl (C=O) groups is 1. The average Bonchev–Trinajstić information content (AvgIpc) is 3.16. The highest BCUT2D eigenvalue weighted by molar-refractivity contribution is 5.91. The molecule has 0 aliphatic carbocycles. The van der Waals surface area contributed by atoms with Gasteiger partial charge in [-0.3, -0.25) is 4.79 Å². The summed E-state index contributed by atoms with van der Waals surface area (Å²) in [6, 6.07) is 8.24. The quantitative estimate of drug-likeness (QED) is 0.552. The zero-order valence-electron chi connectivity index (χ0n) is 22.4. The van der Waals surface area contributed by atoms with E-state index in [1.54, 1.807) is 0 Å². The number of amides is 1. The minimum Gasteiger partial charge on any atom is -0.369 e. The van der Waals surface area contributed by atoms with Gasteiger partial charge in [0.2, 0.25) is 5.91 Å². The number of pyridine rings is 1. The van der Waals surface area contributed by atoms with Crippen molar-refractivity contribution in [2.75, 3.05) is 42.9 Å². The van der Waals surface area contributed by atoms with Gasteiger partial charge in [-0.25, -0.2) is 9.67 Å². The molecule has 1 N–H and O–H groups in total. The van der Waals surface area contributed by atoms with E-state index in [4.69, 9.17) is 10.1 Å². The van der Waals surface area contributed by atoms with E-state index in [1.165, 1.54) is 11.3 Å². The van der Waals surface area contributed by atoms with E-state index in [2.05, 4.69) is 61.9 Å². The minimum atomic E-state index is -0.140. The lowest BCUT2D eigenvalue weighted by atomic mass is 9.99. The van der Waals surface area contributed by atoms with Crippen LogP contribution in [0.4, 0.5) is 11.4 Å². The molecule has 0 radical (unpaired) electrons. The van der Waals surface area contributed by atoms with Gasteiger partial charge in [0.25, 0.3) is 0 Å². The van der Waals surface area contributed by atoms with Gasteiger partial charge in [-0.15, -0.1) is 0 Å². The standard InChI is InChI=1S/C28H40N6O/c1-8-32-15-17-33(18-16-32)23-11-9-22(10-12-23)30-25(35)14-13-24-19(2)26-21(4)31-34(28(5,6)7)27(26)29-20(24)3/h9-12H,8,13-18H2,1-7H3,(H,30,35). The summed E-state index contributed by atoms with van der Waals surface area (Å²) in [5.74, 6) is 0.0234. The Morgan fingerprint density at radius 2 is 1.66 bits per heavy atom. The maximum Gasteiger partial charge on any atom is 0.224 e. The number of piperazine rings is 1. The fourth-order valence-corrected chi connectivity index (χ4v) is 5.08. The van der Waals surface area contributed by atoms with Crippen molar-refractivity contribution in [3.63, 3.8) is 0 Å². The van der Waals surface area contributed by atoms with Gasteiger partial charge in [-0.1, -0.05) is 6.92 Å². The number of carbonyl (C=O) groups excluding carboxylic acids is 1. The molecule has 1 amide bonds. The second kappa shape index (κ2) is 9.97. The van der Waals surface area contributed by atoms with Crippen molar-refractivity contribution in [3.05, 3.63) is 46.8 Å². The van der Waals surface area contributed by atoms with Gasteiger partial charge < -0.3 is 15.1 Å². The molecule has 1 aliphatic heterocycles. The first kappa shape index (κ1) is 25.2. The Labute approximate surface area is 209 Å². The number of aryl methyl sites for hydroxylation is 3. The molecule has 0 spiro atoms. The molecule has 1 fully saturated rings. The lowest BCUT2D eigenvalue weighted by Crippen LogP contribution is -2.46. The number of fused-ring (bicyclic) bond motifs is 1. The molecule has 1 aliphatic rings. The van der Waals surface area contributed by atoms with Crippen LogP contribution in [-0.2, 0) is 16.8 Å². The summed E-state index contributed by atoms with van der Waals surface area (Å²) in [5.41, 5.74) is 7.13. The number of aromatic nitrogens is 3. The van der Waals surface area contributed by atoms with E-state index in [9.17, 15) is 4.79 Å². The average molecular weight is 477 g/mol. The Morgan fingerprint density at radius 3 is 2.26 bits per heavy atom. The number of benzene rings is 1. The molecule has 0 bridgehead atoms. The monoisotopic (exact) mass is 476 g/mol. The van der Waals surface area contributed by atoms with Crippen LogP contribution in [-0.4, -0.2) is 58.3 Å². The van der Waals surface area contributed by atoms with E-state index in [0.717, 1.165) is 66.4 Å². The summed E-state index contributed by atoms with van der Waals surface area (Å²) in [6.07, 6.45) is 1.08. The molecule has 4 rings (SSSR count). The minimum absolute atomic E-state index is 0.0234. The molecule has 0 saturated carbocycles. The third-order valence-electron chi connectivity index (χ3n) is 7.15. The zero-order chi connectivity index (χ0) is 25.3. The van der Waals surface area contributed by atoms with Crippen molar-refractivity contribution in [1.82, 2.24) is 19.7 Å². The Kier molecular flexibility index (Phi) is 7.17. The van der Waals surface area contributed by atoms with E-state index < -0.39 is 0 Å². The molecule has 188 valence electrons. The first-order valence-electron chi connectivity index (χ1n) is 12.8. The predicted octanol–water partition coefficient (Wildman–Crippen LogP) is 4.82. The van der Waals surface area contributed by atoms with Crippen LogP contribution in [0, 0.1) is 20.8 Å². The second-order valence-corrected chi connectivity index (χ2v) is 10.7. The van der Waals surface area contributed by atoms with Gasteiger partial charge in [-0.2, -0.15) is 5.10 Å². The number of anilines is 2. The molecule has 7 nitrogen and oxygen atoms in total. The summed E-state index contributed by atoms with van der Waals surface area (Å²) in [7, 11) is 0. The van der Waals surface area contributed by atoms with Crippen LogP contribution < -0.4 is 10.2 Å². The lowest BCUT2D eigenvalue weighted by Gasteiger charge is -2.35. The highest BCUT2D eigenvalue weighted by atomic mass is 16.1. The number of nitrogens with one attached hydrogen (secondary N) is 1. The highest BCUT2D eigenvalue weighted by Gasteiger charge is 2.23. The zero-order valence-corrected chi connectivity index (χ0v) is 22.4. The Hall–Kier alpha value is -2.93. The molecule has 1 aromatic carbocycles. The van der Waals surface area contributed by atoms with Crippen LogP contribution in [0.3, 0.4) is 0 Å². The molecule has 7 heteroatoms. The van der Waals surface area contributed by atoms with Crippen LogP contribution in [0.5, 0.6) is 0 Å². The molecule has 35 heavy (non-hydrogen) atoms. The van der Waals surface area contributed by atoms with Crippen molar-refractivity contribution < 1.29 is 4.79 Å². The largest absolute Gasteiger partial charge is 0.369 e. The summed E-state index contributed by atoms with van der Waals surface area (Å²) in [5, 5.41) is 8.95. The first-order chi connectivity index (χ1) is 16.6. The number of likely N-dealkylation sites (N-methyl/N-ethyl adjacent to an activating group) is 1. The van der Waals surface area contributed by atoms with Crippen LogP contribution in [0.1, 0.15) is 56.6 Å². The smallest absolute Gasteiger partial charge is 0.224 e. The van der Waals surface area contributed by atoms with Crippen molar-refractivity contribution in [2.24, 2.45) is 0 Å². The molecule has 1 saturated heterocycles. The Balaban J connectivity index is 1.41. The second-order valence-electron chi connectivity index (χ2n) is 10.7. The maximum atomic E-state index is 12.8. The molecule has 3 aromatic rings. The fourth-order valence-electron chi connectivity index (χ4n) is 5.08. The van der Waals surface area contributed by atoms with Gasteiger partial charge in [0.1, 0.15) is 0 Å². The van der Waals surface area contributed by atoms with E-state index in [-0.39, 0.29) is 11.4 Å². The molecular formula is C28H40N6O. The summed E-state index contributed by atoms with van der Waals surface area (Å²) in [6.45, 7) is 20.3. The number of hydrogen-bond donors (Lipinski definition) is 1. The summed E-state index contributed by atoms with van der Waals surface area (Å²) in [4.78, 5) is 22.6. The Bertz CT molecular complexity index is 1200. The van der Waals surface area contributed by atoms with Crippen molar-refractivity contribution in [2.45, 2.75) is 66.8 Å². The van der Waals surface area contributed by atoms with Crippen molar-refractivity contribution in [1.29, 1.82) is 0 Å². The maximum absolute atomic E-state index is 12.8. The third-order valence-corrected chi connectivity index (χ3v) is 7.15. The molecular weight excluding hydrogens is 436 g/mol. The van der Waals surface area contributed by atoms with Crippen LogP contribution >= 0.6 is 0 Å². The van der Waals surface area contributed by atoms with Crippen LogP contribution in [0.25, 0.3) is 11.0 Å². The summed E-state index contributed by atoms with van der Waals surface area (Å²) < 4.78 is 2.02. The van der Waals surface area contributed by atoms with Crippen molar-refractivity contribution in [3.8, 4) is 0 Å². The molecule has 3 heterocycles. The third kappa shape index (κ3) is 5.35. The molecule has 0 atom stereocenters. The van der Waals surface area contributed by atoms with Crippen molar-refractivity contribution >= 4 is 28.3 Å². The SMILES string of the molecule is CCN1CCN(c2ccc(NC(=O)CCc3c(C)nc4c(c(C)nn4C(C)(C)C)c3C)cc2)CC1. The van der Waals surface area contributed by atoms with Gasteiger partial charge in [-0.05, 0) is 89.9 Å².